The third kappa shape index (κ3) is 2.48. The van der Waals surface area contributed by atoms with E-state index < -0.39 is 8.07 Å². The molecule has 1 aromatic rings. The first-order valence-electron chi connectivity index (χ1n) is 4.31. The molecule has 0 aliphatic carbocycles. The van der Waals surface area contributed by atoms with Crippen LogP contribution in [0.2, 0.25) is 19.6 Å². The van der Waals surface area contributed by atoms with Gasteiger partial charge in [0.2, 0.25) is 0 Å². The van der Waals surface area contributed by atoms with Crippen molar-refractivity contribution < 1.29 is 4.42 Å². The molecule has 0 aromatic carbocycles. The van der Waals surface area contributed by atoms with Gasteiger partial charge in [-0.2, -0.15) is 0 Å². The van der Waals surface area contributed by atoms with Gasteiger partial charge in [0.25, 0.3) is 0 Å². The Morgan fingerprint density at radius 2 is 1.83 bits per heavy atom. The second-order valence-corrected chi connectivity index (χ2v) is 9.95. The van der Waals surface area contributed by atoms with Crippen molar-refractivity contribution in [2.24, 2.45) is 0 Å². The van der Waals surface area contributed by atoms with E-state index in [0.717, 1.165) is 23.4 Å². The van der Waals surface area contributed by atoms with Crippen LogP contribution in [-0.4, -0.2) is 13.1 Å². The summed E-state index contributed by atoms with van der Waals surface area (Å²) in [5, 5.41) is 0. The van der Waals surface area contributed by atoms with E-state index in [1.165, 1.54) is 0 Å². The van der Waals surface area contributed by atoms with Crippen LogP contribution in [0.4, 0.5) is 0 Å². The lowest BCUT2D eigenvalue weighted by Crippen LogP contribution is -2.23. The Labute approximate surface area is 75.0 Å². The Balaban J connectivity index is 2.82. The summed E-state index contributed by atoms with van der Waals surface area (Å²) < 4.78 is 5.51. The zero-order valence-corrected chi connectivity index (χ0v) is 9.56. The summed E-state index contributed by atoms with van der Waals surface area (Å²) in [6.07, 6.45) is 0. The normalized spacial score (nSPS) is 12.1. The minimum atomic E-state index is -1.05. The summed E-state index contributed by atoms with van der Waals surface area (Å²) in [7, 11) is -1.05. The van der Waals surface area contributed by atoms with Gasteiger partial charge in [-0.1, -0.05) is 19.6 Å². The lowest BCUT2D eigenvalue weighted by molar-refractivity contribution is 0.487. The number of oxazole rings is 1. The molecule has 0 bridgehead atoms. The molecule has 1 heterocycles. The van der Waals surface area contributed by atoms with Crippen LogP contribution >= 0.6 is 0 Å². The van der Waals surface area contributed by atoms with Gasteiger partial charge in [0.05, 0.1) is 13.8 Å². The molecule has 0 saturated heterocycles. The first-order valence-corrected chi connectivity index (χ1v) is 8.02. The lowest BCUT2D eigenvalue weighted by atomic mass is 10.4. The predicted molar refractivity (Wildman–Crippen MR) is 53.0 cm³/mol. The van der Waals surface area contributed by atoms with E-state index in [0.29, 0.717) is 0 Å². The highest BCUT2D eigenvalue weighted by molar-refractivity contribution is 6.75. The zero-order valence-electron chi connectivity index (χ0n) is 8.56. The summed E-state index contributed by atoms with van der Waals surface area (Å²) >= 11 is 0. The SMILES string of the molecule is Cc1nc(C)c(C[Si](C)(C)C)o1. The van der Waals surface area contributed by atoms with Gasteiger partial charge in [-0.25, -0.2) is 4.98 Å². The number of hydrogen-bond donors (Lipinski definition) is 0. The maximum atomic E-state index is 5.51. The molecule has 0 aliphatic rings. The summed E-state index contributed by atoms with van der Waals surface area (Å²) in [4.78, 5) is 4.25. The van der Waals surface area contributed by atoms with Crippen LogP contribution in [0.5, 0.6) is 0 Å². The minimum absolute atomic E-state index is 0.792. The van der Waals surface area contributed by atoms with Gasteiger partial charge in [-0.3, -0.25) is 0 Å². The Hall–Kier alpha value is -0.573. The Morgan fingerprint density at radius 1 is 1.25 bits per heavy atom. The third-order valence-electron chi connectivity index (χ3n) is 1.69. The highest BCUT2D eigenvalue weighted by Gasteiger charge is 2.18. The summed E-state index contributed by atoms with van der Waals surface area (Å²) in [5.74, 6) is 1.88. The molecule has 0 unspecified atom stereocenters. The fourth-order valence-corrected chi connectivity index (χ4v) is 2.51. The van der Waals surface area contributed by atoms with Gasteiger partial charge in [0, 0.05) is 13.0 Å². The van der Waals surface area contributed by atoms with Gasteiger partial charge < -0.3 is 4.42 Å². The summed E-state index contributed by atoms with van der Waals surface area (Å²) in [5.41, 5.74) is 1.06. The number of nitrogens with zero attached hydrogens (tertiary/aromatic N) is 1. The first-order chi connectivity index (χ1) is 5.38. The van der Waals surface area contributed by atoms with E-state index in [2.05, 4.69) is 24.6 Å². The molecule has 0 spiro atoms. The lowest BCUT2D eigenvalue weighted by Gasteiger charge is -2.13. The minimum Gasteiger partial charge on any atom is -0.446 e. The Kier molecular flexibility index (Phi) is 2.42. The number of rotatable bonds is 2. The number of hydrogen-bond acceptors (Lipinski definition) is 2. The van der Waals surface area contributed by atoms with E-state index in [1.807, 2.05) is 13.8 Å². The van der Waals surface area contributed by atoms with Gasteiger partial charge in [-0.05, 0) is 6.92 Å². The van der Waals surface area contributed by atoms with Gasteiger partial charge >= 0.3 is 0 Å². The second kappa shape index (κ2) is 3.05. The van der Waals surface area contributed by atoms with Crippen molar-refractivity contribution >= 4 is 8.07 Å². The van der Waals surface area contributed by atoms with Gasteiger partial charge in [0.15, 0.2) is 5.89 Å². The van der Waals surface area contributed by atoms with Crippen molar-refractivity contribution in [2.45, 2.75) is 39.5 Å². The van der Waals surface area contributed by atoms with Crippen molar-refractivity contribution in [2.75, 3.05) is 0 Å². The zero-order chi connectivity index (χ0) is 9.35. The van der Waals surface area contributed by atoms with Crippen molar-refractivity contribution in [3.05, 3.63) is 17.3 Å². The maximum absolute atomic E-state index is 5.51. The van der Waals surface area contributed by atoms with Crippen molar-refractivity contribution in [3.63, 3.8) is 0 Å². The van der Waals surface area contributed by atoms with Crippen LogP contribution in [0, 0.1) is 13.8 Å². The van der Waals surface area contributed by atoms with Crippen LogP contribution in [-0.2, 0) is 6.04 Å². The van der Waals surface area contributed by atoms with E-state index in [4.69, 9.17) is 4.42 Å². The van der Waals surface area contributed by atoms with Gasteiger partial charge in [0.1, 0.15) is 5.76 Å². The maximum Gasteiger partial charge on any atom is 0.191 e. The molecule has 68 valence electrons. The highest BCUT2D eigenvalue weighted by atomic mass is 28.3. The van der Waals surface area contributed by atoms with E-state index in [-0.39, 0.29) is 0 Å². The summed E-state index contributed by atoms with van der Waals surface area (Å²) in [6, 6.07) is 1.10. The Morgan fingerprint density at radius 3 is 2.17 bits per heavy atom. The first kappa shape index (κ1) is 9.51. The molecule has 0 amide bonds. The molecule has 0 atom stereocenters. The third-order valence-corrected chi connectivity index (χ3v) is 3.07. The Bertz CT molecular complexity index is 273. The second-order valence-electron chi connectivity index (χ2n) is 4.48. The van der Waals surface area contributed by atoms with Gasteiger partial charge in [-0.15, -0.1) is 0 Å². The molecule has 1 aromatic heterocycles. The molecular formula is C9H17NOSi. The van der Waals surface area contributed by atoms with Crippen molar-refractivity contribution in [3.8, 4) is 0 Å². The highest BCUT2D eigenvalue weighted by Crippen LogP contribution is 2.16. The average molecular weight is 183 g/mol. The van der Waals surface area contributed by atoms with Crippen molar-refractivity contribution in [1.82, 2.24) is 4.98 Å². The smallest absolute Gasteiger partial charge is 0.191 e. The summed E-state index contributed by atoms with van der Waals surface area (Å²) in [6.45, 7) is 10.9. The van der Waals surface area contributed by atoms with Crippen molar-refractivity contribution in [1.29, 1.82) is 0 Å². The van der Waals surface area contributed by atoms with Crippen LogP contribution in [0.25, 0.3) is 0 Å². The van der Waals surface area contributed by atoms with Crippen LogP contribution < -0.4 is 0 Å². The molecular weight excluding hydrogens is 166 g/mol. The number of aromatic nitrogens is 1. The predicted octanol–water partition coefficient (Wildman–Crippen LogP) is 2.71. The largest absolute Gasteiger partial charge is 0.446 e. The standard InChI is InChI=1S/C9H17NOSi/c1-7-9(6-12(3,4)5)11-8(2)10-7/h6H2,1-5H3. The monoisotopic (exact) mass is 183 g/mol. The molecule has 0 fully saturated rings. The fraction of sp³-hybridized carbons (Fsp3) is 0.667. The average Bonchev–Trinajstić information content (AvgIpc) is 2.06. The van der Waals surface area contributed by atoms with E-state index in [9.17, 15) is 0 Å². The van der Waals surface area contributed by atoms with E-state index >= 15 is 0 Å². The molecule has 1 rings (SSSR count). The topological polar surface area (TPSA) is 26.0 Å². The van der Waals surface area contributed by atoms with Crippen LogP contribution in [0.1, 0.15) is 17.3 Å². The van der Waals surface area contributed by atoms with Crippen LogP contribution in [0.15, 0.2) is 4.42 Å². The molecule has 12 heavy (non-hydrogen) atoms. The molecule has 0 saturated carbocycles. The number of aryl methyl sites for hydroxylation is 2. The molecule has 0 N–H and O–H groups in total. The quantitative estimate of drug-likeness (QED) is 0.659. The van der Waals surface area contributed by atoms with E-state index in [1.54, 1.807) is 0 Å². The van der Waals surface area contributed by atoms with Crippen LogP contribution in [0.3, 0.4) is 0 Å². The fourth-order valence-electron chi connectivity index (χ4n) is 1.22. The molecule has 0 aliphatic heterocycles. The molecule has 2 nitrogen and oxygen atoms in total. The molecule has 0 radical (unpaired) electrons. The molecule has 3 heteroatoms.